The molecular formula is C7H12F3IN6. The second kappa shape index (κ2) is 6.02. The van der Waals surface area contributed by atoms with E-state index in [2.05, 4.69) is 20.2 Å². The third kappa shape index (κ3) is 4.75. The van der Waals surface area contributed by atoms with Crippen LogP contribution in [0.4, 0.5) is 13.2 Å². The Bertz CT molecular complexity index is 385. The molecule has 0 aliphatic heterocycles. The summed E-state index contributed by atoms with van der Waals surface area (Å²) in [4.78, 5) is 8.58. The van der Waals surface area contributed by atoms with Gasteiger partial charge in [-0.15, -0.1) is 29.1 Å². The van der Waals surface area contributed by atoms with Crippen LogP contribution in [0.1, 0.15) is 11.6 Å². The van der Waals surface area contributed by atoms with E-state index in [1.54, 1.807) is 14.1 Å². The van der Waals surface area contributed by atoms with Crippen LogP contribution in [0, 0.1) is 0 Å². The first-order chi connectivity index (χ1) is 7.30. The Morgan fingerprint density at radius 3 is 2.47 bits per heavy atom. The lowest BCUT2D eigenvalue weighted by molar-refractivity contribution is -0.144. The van der Waals surface area contributed by atoms with Crippen molar-refractivity contribution in [3.63, 3.8) is 0 Å². The lowest BCUT2D eigenvalue weighted by Crippen LogP contribution is -2.30. The molecule has 1 aromatic rings. The Kier molecular flexibility index (Phi) is 5.64. The summed E-state index contributed by atoms with van der Waals surface area (Å²) in [6, 6.07) is 0. The van der Waals surface area contributed by atoms with Gasteiger partial charge in [-0.25, -0.2) is 9.98 Å². The van der Waals surface area contributed by atoms with Gasteiger partial charge in [0, 0.05) is 14.1 Å². The minimum Gasteiger partial charge on any atom is -0.370 e. The highest BCUT2D eigenvalue weighted by Crippen LogP contribution is 2.25. The molecule has 0 aliphatic carbocycles. The number of H-pyrrole nitrogens is 1. The normalized spacial score (nSPS) is 12.2. The predicted molar refractivity (Wildman–Crippen MR) is 65.8 cm³/mol. The number of hydrogen-bond acceptors (Lipinski definition) is 3. The first-order valence-electron chi connectivity index (χ1n) is 4.26. The Morgan fingerprint density at radius 1 is 1.47 bits per heavy atom. The van der Waals surface area contributed by atoms with Gasteiger partial charge < -0.3 is 10.6 Å². The summed E-state index contributed by atoms with van der Waals surface area (Å²) in [6.07, 6.45) is -4.55. The van der Waals surface area contributed by atoms with Crippen molar-refractivity contribution < 1.29 is 13.2 Å². The fourth-order valence-corrected chi connectivity index (χ4v) is 0.790. The van der Waals surface area contributed by atoms with Gasteiger partial charge >= 0.3 is 6.18 Å². The summed E-state index contributed by atoms with van der Waals surface area (Å²) in [7, 11) is 3.33. The highest BCUT2D eigenvalue weighted by atomic mass is 127. The van der Waals surface area contributed by atoms with Crippen LogP contribution in [-0.2, 0) is 12.7 Å². The van der Waals surface area contributed by atoms with Gasteiger partial charge in [0.25, 0.3) is 5.82 Å². The van der Waals surface area contributed by atoms with Crippen LogP contribution in [0.25, 0.3) is 0 Å². The molecule has 0 unspecified atom stereocenters. The number of aromatic amines is 1. The minimum absolute atomic E-state index is 0. The Hall–Kier alpha value is -1.07. The Balaban J connectivity index is 0.00000256. The van der Waals surface area contributed by atoms with Crippen molar-refractivity contribution in [3.05, 3.63) is 11.6 Å². The number of nitrogens with zero attached hydrogens (tertiary/aromatic N) is 4. The van der Waals surface area contributed by atoms with Crippen LogP contribution in [0.5, 0.6) is 0 Å². The second-order valence-corrected chi connectivity index (χ2v) is 3.17. The van der Waals surface area contributed by atoms with E-state index in [4.69, 9.17) is 5.73 Å². The molecule has 1 aromatic heterocycles. The molecule has 6 nitrogen and oxygen atoms in total. The zero-order valence-electron chi connectivity index (χ0n) is 9.12. The topological polar surface area (TPSA) is 83.2 Å². The summed E-state index contributed by atoms with van der Waals surface area (Å²) in [5.74, 6) is -0.997. The zero-order chi connectivity index (χ0) is 12.3. The molecule has 10 heteroatoms. The quantitative estimate of drug-likeness (QED) is 0.463. The standard InChI is InChI=1S/C7H11F3N6.HI/c1-16(2)6(11)12-3-4-13-5(15-14-4)7(8,9)10;/h3H2,1-2H3,(H2,11,12)(H,13,14,15);1H. The van der Waals surface area contributed by atoms with Gasteiger partial charge in [-0.1, -0.05) is 0 Å². The van der Waals surface area contributed by atoms with Crippen molar-refractivity contribution in [1.29, 1.82) is 0 Å². The molecule has 17 heavy (non-hydrogen) atoms. The Morgan fingerprint density at radius 2 is 2.06 bits per heavy atom. The van der Waals surface area contributed by atoms with E-state index in [9.17, 15) is 13.2 Å². The highest BCUT2D eigenvalue weighted by molar-refractivity contribution is 14.0. The second-order valence-electron chi connectivity index (χ2n) is 3.17. The van der Waals surface area contributed by atoms with E-state index in [0.717, 1.165) is 0 Å². The lowest BCUT2D eigenvalue weighted by atomic mass is 10.6. The lowest BCUT2D eigenvalue weighted by Gasteiger charge is -2.09. The largest absolute Gasteiger partial charge is 0.453 e. The maximum Gasteiger partial charge on any atom is 0.453 e. The molecule has 0 bridgehead atoms. The average molecular weight is 364 g/mol. The van der Waals surface area contributed by atoms with Gasteiger partial charge in [0.1, 0.15) is 12.4 Å². The van der Waals surface area contributed by atoms with Crippen LogP contribution in [-0.4, -0.2) is 40.1 Å². The fourth-order valence-electron chi connectivity index (χ4n) is 0.790. The maximum atomic E-state index is 12.1. The van der Waals surface area contributed by atoms with E-state index >= 15 is 0 Å². The molecule has 0 spiro atoms. The van der Waals surface area contributed by atoms with Crippen molar-refractivity contribution in [2.24, 2.45) is 10.7 Å². The summed E-state index contributed by atoms with van der Waals surface area (Å²) in [5.41, 5.74) is 5.45. The average Bonchev–Trinajstić information content (AvgIpc) is 2.61. The number of alkyl halides is 3. The number of aliphatic imine (C=N–C) groups is 1. The van der Waals surface area contributed by atoms with Crippen molar-refractivity contribution in [1.82, 2.24) is 20.1 Å². The van der Waals surface area contributed by atoms with E-state index < -0.39 is 12.0 Å². The molecule has 0 radical (unpaired) electrons. The molecule has 0 saturated heterocycles. The summed E-state index contributed by atoms with van der Waals surface area (Å²) in [5, 5.41) is 5.17. The number of nitrogens with one attached hydrogen (secondary N) is 1. The molecule has 0 fully saturated rings. The van der Waals surface area contributed by atoms with Gasteiger partial charge in [-0.3, -0.25) is 5.10 Å². The van der Waals surface area contributed by atoms with Gasteiger partial charge in [0.2, 0.25) is 0 Å². The molecule has 3 N–H and O–H groups in total. The summed E-state index contributed by atoms with van der Waals surface area (Å²) in [6.45, 7) is -0.0763. The number of aromatic nitrogens is 3. The van der Waals surface area contributed by atoms with E-state index in [1.165, 1.54) is 4.90 Å². The monoisotopic (exact) mass is 364 g/mol. The molecule has 1 heterocycles. The molecule has 0 aliphatic rings. The SMILES string of the molecule is CN(C)C(N)=NCc1nc(C(F)(F)F)n[nH]1.I. The fraction of sp³-hybridized carbons (Fsp3) is 0.571. The highest BCUT2D eigenvalue weighted by Gasteiger charge is 2.35. The van der Waals surface area contributed by atoms with Crippen molar-refractivity contribution >= 4 is 29.9 Å². The van der Waals surface area contributed by atoms with Crippen LogP contribution < -0.4 is 5.73 Å². The van der Waals surface area contributed by atoms with E-state index in [-0.39, 0.29) is 42.3 Å². The van der Waals surface area contributed by atoms with Gasteiger partial charge in [-0.05, 0) is 0 Å². The van der Waals surface area contributed by atoms with Crippen molar-refractivity contribution in [2.45, 2.75) is 12.7 Å². The molecule has 0 saturated carbocycles. The zero-order valence-corrected chi connectivity index (χ0v) is 11.4. The van der Waals surface area contributed by atoms with E-state index in [0.29, 0.717) is 0 Å². The molecular weight excluding hydrogens is 352 g/mol. The minimum atomic E-state index is -4.55. The smallest absolute Gasteiger partial charge is 0.370 e. The molecule has 0 atom stereocenters. The first-order valence-corrected chi connectivity index (χ1v) is 4.26. The first kappa shape index (κ1) is 15.9. The third-order valence-corrected chi connectivity index (χ3v) is 1.63. The number of nitrogens with two attached hydrogens (primary N) is 1. The van der Waals surface area contributed by atoms with Crippen molar-refractivity contribution in [3.8, 4) is 0 Å². The molecule has 98 valence electrons. The van der Waals surface area contributed by atoms with Crippen LogP contribution in [0.15, 0.2) is 4.99 Å². The Labute approximate surface area is 113 Å². The number of guanidine groups is 1. The summed E-state index contributed by atoms with van der Waals surface area (Å²) < 4.78 is 36.3. The van der Waals surface area contributed by atoms with Gasteiger partial charge in [0.05, 0.1) is 0 Å². The van der Waals surface area contributed by atoms with Crippen molar-refractivity contribution in [2.75, 3.05) is 14.1 Å². The van der Waals surface area contributed by atoms with Crippen LogP contribution in [0.3, 0.4) is 0 Å². The molecule has 0 amide bonds. The van der Waals surface area contributed by atoms with Gasteiger partial charge in [0.15, 0.2) is 5.96 Å². The van der Waals surface area contributed by atoms with Gasteiger partial charge in [-0.2, -0.15) is 13.2 Å². The van der Waals surface area contributed by atoms with Crippen LogP contribution >= 0.6 is 24.0 Å². The number of rotatable bonds is 2. The third-order valence-electron chi connectivity index (χ3n) is 1.63. The summed E-state index contributed by atoms with van der Waals surface area (Å²) >= 11 is 0. The maximum absolute atomic E-state index is 12.1. The molecule has 1 rings (SSSR count). The van der Waals surface area contributed by atoms with Crippen LogP contribution in [0.2, 0.25) is 0 Å². The number of hydrogen-bond donors (Lipinski definition) is 2. The number of halogens is 4. The predicted octanol–water partition coefficient (Wildman–Crippen LogP) is 0.818. The van der Waals surface area contributed by atoms with E-state index in [1.807, 2.05) is 0 Å². The molecule has 0 aromatic carbocycles.